The summed E-state index contributed by atoms with van der Waals surface area (Å²) < 4.78 is 0. The Balaban J connectivity index is 1.94. The third kappa shape index (κ3) is 3.85. The van der Waals surface area contributed by atoms with Gasteiger partial charge in [-0.1, -0.05) is 6.07 Å². The molecule has 4 nitrogen and oxygen atoms in total. The molecule has 5 heteroatoms. The molecule has 0 aliphatic heterocycles. The van der Waals surface area contributed by atoms with Crippen LogP contribution < -0.4 is 10.6 Å². The number of carbonyl (C=O) groups excluding carboxylic acids is 2. The van der Waals surface area contributed by atoms with Crippen LogP contribution in [-0.4, -0.2) is 17.9 Å². The summed E-state index contributed by atoms with van der Waals surface area (Å²) in [6.07, 6.45) is 2.47. The first kappa shape index (κ1) is 12.1. The summed E-state index contributed by atoms with van der Waals surface area (Å²) in [5.74, 6) is -0.0951. The lowest BCUT2D eigenvalue weighted by Crippen LogP contribution is -2.33. The second kappa shape index (κ2) is 5.31. The summed E-state index contributed by atoms with van der Waals surface area (Å²) in [5, 5.41) is 7.70. The molecule has 0 radical (unpaired) electrons. The lowest BCUT2D eigenvalue weighted by atomic mass is 10.1. The fraction of sp³-hybridized carbons (Fsp3) is 0.500. The number of carbonyl (C=O) groups is 2. The molecule has 1 aromatic rings. The molecular formula is C12H16N2O2S. The molecule has 2 rings (SSSR count). The Kier molecular flexibility index (Phi) is 3.78. The maximum absolute atomic E-state index is 11.7. The van der Waals surface area contributed by atoms with Crippen molar-refractivity contribution in [2.24, 2.45) is 0 Å². The second-order valence-electron chi connectivity index (χ2n) is 4.31. The van der Waals surface area contributed by atoms with Gasteiger partial charge in [-0.25, -0.2) is 0 Å². The first-order valence-corrected chi connectivity index (χ1v) is 6.63. The highest BCUT2D eigenvalue weighted by molar-refractivity contribution is 7.10. The van der Waals surface area contributed by atoms with Gasteiger partial charge in [0.05, 0.1) is 12.5 Å². The highest BCUT2D eigenvalue weighted by atomic mass is 32.1. The van der Waals surface area contributed by atoms with Crippen LogP contribution >= 0.6 is 11.3 Å². The normalized spacial score (nSPS) is 16.3. The van der Waals surface area contributed by atoms with E-state index in [1.165, 1.54) is 6.92 Å². The third-order valence-corrected chi connectivity index (χ3v) is 3.58. The molecule has 92 valence electrons. The van der Waals surface area contributed by atoms with Crippen molar-refractivity contribution in [1.29, 1.82) is 0 Å². The van der Waals surface area contributed by atoms with Crippen LogP contribution in [0, 0.1) is 0 Å². The quantitative estimate of drug-likeness (QED) is 0.836. The molecule has 0 aromatic carbocycles. The molecule has 1 atom stereocenters. The van der Waals surface area contributed by atoms with E-state index in [4.69, 9.17) is 0 Å². The molecule has 0 spiro atoms. The molecule has 1 heterocycles. The summed E-state index contributed by atoms with van der Waals surface area (Å²) >= 11 is 1.55. The third-order valence-electron chi connectivity index (χ3n) is 2.60. The highest BCUT2D eigenvalue weighted by Gasteiger charge is 2.25. The number of hydrogen-bond donors (Lipinski definition) is 2. The summed E-state index contributed by atoms with van der Waals surface area (Å²) in [5.41, 5.74) is 0. The van der Waals surface area contributed by atoms with Crippen molar-refractivity contribution in [3.63, 3.8) is 0 Å². The first-order valence-electron chi connectivity index (χ1n) is 5.75. The lowest BCUT2D eigenvalue weighted by molar-refractivity contribution is -0.122. The number of hydrogen-bond acceptors (Lipinski definition) is 3. The van der Waals surface area contributed by atoms with Crippen molar-refractivity contribution < 1.29 is 9.59 Å². The van der Waals surface area contributed by atoms with Gasteiger partial charge in [0.2, 0.25) is 11.8 Å². The SMILES string of the molecule is CC(=O)NC(CC(=O)NC1CC1)c1cccs1. The van der Waals surface area contributed by atoms with Crippen LogP contribution in [-0.2, 0) is 9.59 Å². The van der Waals surface area contributed by atoms with E-state index in [1.807, 2.05) is 17.5 Å². The van der Waals surface area contributed by atoms with E-state index in [9.17, 15) is 9.59 Å². The molecule has 1 fully saturated rings. The van der Waals surface area contributed by atoms with Gasteiger partial charge in [-0.15, -0.1) is 11.3 Å². The first-order chi connectivity index (χ1) is 8.15. The fourth-order valence-electron chi connectivity index (χ4n) is 1.66. The van der Waals surface area contributed by atoms with Crippen molar-refractivity contribution in [3.8, 4) is 0 Å². The van der Waals surface area contributed by atoms with Crippen LogP contribution in [0.5, 0.6) is 0 Å². The van der Waals surface area contributed by atoms with Crippen LogP contribution in [0.4, 0.5) is 0 Å². The summed E-state index contributed by atoms with van der Waals surface area (Å²) in [6, 6.07) is 4.03. The van der Waals surface area contributed by atoms with Crippen LogP contribution in [0.1, 0.15) is 37.1 Å². The predicted molar refractivity (Wildman–Crippen MR) is 66.7 cm³/mol. The Morgan fingerprint density at radius 2 is 2.29 bits per heavy atom. The molecule has 1 aliphatic rings. The minimum Gasteiger partial charge on any atom is -0.353 e. The minimum absolute atomic E-state index is 0.0136. The summed E-state index contributed by atoms with van der Waals surface area (Å²) in [4.78, 5) is 23.9. The van der Waals surface area contributed by atoms with Gasteiger partial charge in [-0.2, -0.15) is 0 Å². The van der Waals surface area contributed by atoms with Crippen LogP contribution in [0.2, 0.25) is 0 Å². The van der Waals surface area contributed by atoms with Crippen LogP contribution in [0.25, 0.3) is 0 Å². The Hall–Kier alpha value is -1.36. The van der Waals surface area contributed by atoms with Gasteiger partial charge < -0.3 is 10.6 Å². The number of nitrogens with one attached hydrogen (secondary N) is 2. The van der Waals surface area contributed by atoms with E-state index in [2.05, 4.69) is 10.6 Å². The van der Waals surface area contributed by atoms with E-state index < -0.39 is 0 Å². The van der Waals surface area contributed by atoms with E-state index in [-0.39, 0.29) is 17.9 Å². The smallest absolute Gasteiger partial charge is 0.222 e. The zero-order chi connectivity index (χ0) is 12.3. The van der Waals surface area contributed by atoms with Gasteiger partial charge in [-0.3, -0.25) is 9.59 Å². The highest BCUT2D eigenvalue weighted by Crippen LogP contribution is 2.23. The maximum Gasteiger partial charge on any atom is 0.222 e. The van der Waals surface area contributed by atoms with Crippen molar-refractivity contribution in [2.75, 3.05) is 0 Å². The van der Waals surface area contributed by atoms with E-state index >= 15 is 0 Å². The minimum atomic E-state index is -0.203. The molecule has 1 saturated carbocycles. The number of rotatable bonds is 5. The molecule has 1 aromatic heterocycles. The average molecular weight is 252 g/mol. The van der Waals surface area contributed by atoms with Gasteiger partial charge in [0.1, 0.15) is 0 Å². The molecule has 2 N–H and O–H groups in total. The Morgan fingerprint density at radius 3 is 2.82 bits per heavy atom. The Morgan fingerprint density at radius 1 is 1.53 bits per heavy atom. The summed E-state index contributed by atoms with van der Waals surface area (Å²) in [7, 11) is 0. The van der Waals surface area contributed by atoms with Gasteiger partial charge in [0.25, 0.3) is 0 Å². The lowest BCUT2D eigenvalue weighted by Gasteiger charge is -2.16. The van der Waals surface area contributed by atoms with Crippen molar-refractivity contribution in [3.05, 3.63) is 22.4 Å². The molecule has 17 heavy (non-hydrogen) atoms. The van der Waals surface area contributed by atoms with Gasteiger partial charge in [-0.05, 0) is 24.3 Å². The Labute approximate surface area is 104 Å². The zero-order valence-corrected chi connectivity index (χ0v) is 10.5. The number of amides is 2. The second-order valence-corrected chi connectivity index (χ2v) is 5.29. The molecular weight excluding hydrogens is 236 g/mol. The van der Waals surface area contributed by atoms with Gasteiger partial charge in [0, 0.05) is 17.8 Å². The maximum atomic E-state index is 11.7. The Bertz CT molecular complexity index is 399. The zero-order valence-electron chi connectivity index (χ0n) is 9.73. The molecule has 0 saturated heterocycles. The predicted octanol–water partition coefficient (Wildman–Crippen LogP) is 1.59. The topological polar surface area (TPSA) is 58.2 Å². The van der Waals surface area contributed by atoms with Crippen molar-refractivity contribution in [2.45, 2.75) is 38.3 Å². The fourth-order valence-corrected chi connectivity index (χ4v) is 2.44. The van der Waals surface area contributed by atoms with Crippen LogP contribution in [0.3, 0.4) is 0 Å². The monoisotopic (exact) mass is 252 g/mol. The van der Waals surface area contributed by atoms with Crippen LogP contribution in [0.15, 0.2) is 17.5 Å². The molecule has 1 aliphatic carbocycles. The van der Waals surface area contributed by atoms with Gasteiger partial charge >= 0.3 is 0 Å². The molecule has 0 bridgehead atoms. The largest absolute Gasteiger partial charge is 0.353 e. The molecule has 2 amide bonds. The van der Waals surface area contributed by atoms with Crippen molar-refractivity contribution in [1.82, 2.24) is 10.6 Å². The van der Waals surface area contributed by atoms with E-state index in [1.54, 1.807) is 11.3 Å². The average Bonchev–Trinajstić information content (AvgIpc) is 2.90. The van der Waals surface area contributed by atoms with Gasteiger partial charge in [0.15, 0.2) is 0 Å². The van der Waals surface area contributed by atoms with Crippen molar-refractivity contribution >= 4 is 23.2 Å². The standard InChI is InChI=1S/C12H16N2O2S/c1-8(15)13-10(11-3-2-6-17-11)7-12(16)14-9-4-5-9/h2-3,6,9-10H,4-5,7H2,1H3,(H,13,15)(H,14,16). The van der Waals surface area contributed by atoms with E-state index in [0.29, 0.717) is 12.5 Å². The van der Waals surface area contributed by atoms with E-state index in [0.717, 1.165) is 17.7 Å². The summed E-state index contributed by atoms with van der Waals surface area (Å²) in [6.45, 7) is 1.47. The molecule has 1 unspecified atom stereocenters. The number of thiophene rings is 1.